The van der Waals surface area contributed by atoms with Gasteiger partial charge in [0.2, 0.25) is 0 Å². The van der Waals surface area contributed by atoms with Crippen LogP contribution in [0.25, 0.3) is 0 Å². The predicted molar refractivity (Wildman–Crippen MR) is 102 cm³/mol. The average Bonchev–Trinajstić information content (AvgIpc) is 2.56. The Labute approximate surface area is 151 Å². The van der Waals surface area contributed by atoms with Gasteiger partial charge in [0.15, 0.2) is 0 Å². The standard InChI is InChI=1S/C23H29FO/c1-23(2,3)20-14-18-12-6-10-16-8-5-9-17(21(16)24)11-7-13-19(15-20)22(18)25-4/h5,8-9,14-15H,6-7,10-13H2,1-4H3. The number of rotatable bonds is 1. The lowest BCUT2D eigenvalue weighted by Gasteiger charge is -2.24. The molecule has 0 saturated carbocycles. The molecule has 25 heavy (non-hydrogen) atoms. The van der Waals surface area contributed by atoms with Gasteiger partial charge < -0.3 is 4.74 Å². The van der Waals surface area contributed by atoms with E-state index in [2.05, 4.69) is 32.9 Å². The van der Waals surface area contributed by atoms with Gasteiger partial charge in [-0.25, -0.2) is 4.39 Å². The smallest absolute Gasteiger partial charge is 0.129 e. The molecular weight excluding hydrogens is 311 g/mol. The summed E-state index contributed by atoms with van der Waals surface area (Å²) in [7, 11) is 1.77. The third-order valence-corrected chi connectivity index (χ3v) is 5.26. The molecule has 2 heteroatoms. The van der Waals surface area contributed by atoms with E-state index in [9.17, 15) is 4.39 Å². The van der Waals surface area contributed by atoms with Crippen LogP contribution in [0.3, 0.4) is 0 Å². The van der Waals surface area contributed by atoms with Crippen LogP contribution in [0.4, 0.5) is 4.39 Å². The molecule has 1 nitrogen and oxygen atoms in total. The van der Waals surface area contributed by atoms with E-state index in [4.69, 9.17) is 4.74 Å². The third-order valence-electron chi connectivity index (χ3n) is 5.26. The minimum Gasteiger partial charge on any atom is -0.496 e. The summed E-state index contributed by atoms with van der Waals surface area (Å²) >= 11 is 0. The maximum atomic E-state index is 14.6. The van der Waals surface area contributed by atoms with Crippen LogP contribution in [-0.4, -0.2) is 7.11 Å². The summed E-state index contributed by atoms with van der Waals surface area (Å²) in [6.45, 7) is 6.77. The van der Waals surface area contributed by atoms with E-state index in [1.54, 1.807) is 7.11 Å². The topological polar surface area (TPSA) is 9.23 Å². The quantitative estimate of drug-likeness (QED) is 0.638. The molecule has 0 spiro atoms. The van der Waals surface area contributed by atoms with Crippen molar-refractivity contribution in [1.29, 1.82) is 0 Å². The minimum atomic E-state index is 0.00841. The van der Waals surface area contributed by atoms with Gasteiger partial charge in [-0.1, -0.05) is 51.1 Å². The largest absolute Gasteiger partial charge is 0.496 e. The van der Waals surface area contributed by atoms with Crippen molar-refractivity contribution in [3.8, 4) is 5.75 Å². The molecule has 1 aliphatic rings. The van der Waals surface area contributed by atoms with Crippen molar-refractivity contribution in [2.45, 2.75) is 64.7 Å². The first-order chi connectivity index (χ1) is 11.9. The number of benzene rings is 2. The fraction of sp³-hybridized carbons (Fsp3) is 0.478. The molecule has 134 valence electrons. The number of methoxy groups -OCH3 is 1. The average molecular weight is 340 g/mol. The first-order valence-electron chi connectivity index (χ1n) is 9.36. The molecule has 0 radical (unpaired) electrons. The van der Waals surface area contributed by atoms with Gasteiger partial charge in [0.25, 0.3) is 0 Å². The molecule has 0 saturated heterocycles. The molecule has 3 rings (SSSR count). The van der Waals surface area contributed by atoms with E-state index in [1.165, 1.54) is 16.7 Å². The van der Waals surface area contributed by atoms with Gasteiger partial charge in [-0.15, -0.1) is 0 Å². The van der Waals surface area contributed by atoms with Crippen LogP contribution in [0.15, 0.2) is 30.3 Å². The lowest BCUT2D eigenvalue weighted by molar-refractivity contribution is 0.402. The van der Waals surface area contributed by atoms with Crippen LogP contribution >= 0.6 is 0 Å². The van der Waals surface area contributed by atoms with Gasteiger partial charge in [0.1, 0.15) is 11.6 Å². The molecule has 0 atom stereocenters. The van der Waals surface area contributed by atoms with Crippen molar-refractivity contribution in [1.82, 2.24) is 0 Å². The zero-order valence-electron chi connectivity index (χ0n) is 15.9. The first kappa shape index (κ1) is 18.0. The number of halogens is 1. The summed E-state index contributed by atoms with van der Waals surface area (Å²) in [5, 5.41) is 0. The van der Waals surface area contributed by atoms with Gasteiger partial charge in [-0.05, 0) is 71.8 Å². The number of fused-ring (bicyclic) bond motifs is 4. The van der Waals surface area contributed by atoms with Crippen molar-refractivity contribution in [3.05, 3.63) is 64.0 Å². The van der Waals surface area contributed by atoms with Gasteiger partial charge in [-0.3, -0.25) is 0 Å². The molecule has 0 amide bonds. The number of hydrogen-bond acceptors (Lipinski definition) is 1. The summed E-state index contributed by atoms with van der Waals surface area (Å²) in [5.41, 5.74) is 5.71. The zero-order valence-corrected chi connectivity index (χ0v) is 15.9. The lowest BCUT2D eigenvalue weighted by Crippen LogP contribution is -2.14. The lowest BCUT2D eigenvalue weighted by atomic mass is 9.83. The third kappa shape index (κ3) is 3.89. The van der Waals surface area contributed by atoms with Gasteiger partial charge in [0, 0.05) is 0 Å². The molecular formula is C23H29FO. The second kappa shape index (κ2) is 7.19. The number of aryl methyl sites for hydroxylation is 4. The SMILES string of the molecule is COc1c2cc(C(C)(C)C)cc1CCCc1cccc(c1F)CCC2. The monoisotopic (exact) mass is 340 g/mol. The van der Waals surface area contributed by atoms with E-state index in [-0.39, 0.29) is 11.2 Å². The van der Waals surface area contributed by atoms with Crippen LogP contribution < -0.4 is 4.74 Å². The molecule has 2 aromatic carbocycles. The Kier molecular flexibility index (Phi) is 5.17. The summed E-state index contributed by atoms with van der Waals surface area (Å²) < 4.78 is 20.4. The summed E-state index contributed by atoms with van der Waals surface area (Å²) in [6.07, 6.45) is 5.26. The molecule has 0 heterocycles. The normalized spacial score (nSPS) is 15.2. The Balaban J connectivity index is 2.01. The Bertz CT molecular complexity index is 706. The van der Waals surface area contributed by atoms with E-state index in [1.807, 2.05) is 18.2 Å². The van der Waals surface area contributed by atoms with Crippen LogP contribution in [-0.2, 0) is 31.1 Å². The van der Waals surface area contributed by atoms with Gasteiger partial charge in [-0.2, -0.15) is 0 Å². The highest BCUT2D eigenvalue weighted by Gasteiger charge is 2.20. The summed E-state index contributed by atoms with van der Waals surface area (Å²) in [5.74, 6) is 1.05. The van der Waals surface area contributed by atoms with Crippen molar-refractivity contribution in [2.24, 2.45) is 0 Å². The molecule has 0 N–H and O–H groups in total. The van der Waals surface area contributed by atoms with E-state index >= 15 is 0 Å². The highest BCUT2D eigenvalue weighted by molar-refractivity contribution is 5.47. The van der Waals surface area contributed by atoms with E-state index in [0.717, 1.165) is 55.4 Å². The zero-order chi connectivity index (χ0) is 18.0. The fourth-order valence-electron chi connectivity index (χ4n) is 3.78. The second-order valence-corrected chi connectivity index (χ2v) is 8.18. The van der Waals surface area contributed by atoms with Gasteiger partial charge >= 0.3 is 0 Å². The van der Waals surface area contributed by atoms with Crippen molar-refractivity contribution in [2.75, 3.05) is 7.11 Å². The minimum absolute atomic E-state index is 0.00841. The fourth-order valence-corrected chi connectivity index (χ4v) is 3.78. The van der Waals surface area contributed by atoms with Crippen molar-refractivity contribution >= 4 is 0 Å². The molecule has 4 bridgehead atoms. The Morgan fingerprint density at radius 1 is 0.840 bits per heavy atom. The number of ether oxygens (including phenoxy) is 1. The first-order valence-corrected chi connectivity index (χ1v) is 9.36. The number of hydrogen-bond donors (Lipinski definition) is 0. The molecule has 1 aliphatic carbocycles. The summed E-state index contributed by atoms with van der Waals surface area (Å²) in [6, 6.07) is 10.4. The summed E-state index contributed by atoms with van der Waals surface area (Å²) in [4.78, 5) is 0. The molecule has 0 fully saturated rings. The Morgan fingerprint density at radius 2 is 1.32 bits per heavy atom. The Morgan fingerprint density at radius 3 is 1.76 bits per heavy atom. The van der Waals surface area contributed by atoms with Crippen LogP contribution in [0.1, 0.15) is 61.4 Å². The maximum Gasteiger partial charge on any atom is 0.129 e. The van der Waals surface area contributed by atoms with Gasteiger partial charge in [0.05, 0.1) is 7.11 Å². The second-order valence-electron chi connectivity index (χ2n) is 8.18. The predicted octanol–water partition coefficient (Wildman–Crippen LogP) is 5.80. The maximum absolute atomic E-state index is 14.6. The Hall–Kier alpha value is -1.83. The highest BCUT2D eigenvalue weighted by Crippen LogP contribution is 2.34. The van der Waals surface area contributed by atoms with Crippen LogP contribution in [0.2, 0.25) is 0 Å². The molecule has 0 unspecified atom stereocenters. The van der Waals surface area contributed by atoms with Crippen LogP contribution in [0.5, 0.6) is 5.75 Å². The van der Waals surface area contributed by atoms with Crippen LogP contribution in [0, 0.1) is 5.82 Å². The van der Waals surface area contributed by atoms with E-state index < -0.39 is 0 Å². The molecule has 0 aliphatic heterocycles. The molecule has 0 aromatic heterocycles. The van der Waals surface area contributed by atoms with Crippen molar-refractivity contribution < 1.29 is 9.13 Å². The van der Waals surface area contributed by atoms with Crippen molar-refractivity contribution in [3.63, 3.8) is 0 Å². The molecule has 2 aromatic rings. The van der Waals surface area contributed by atoms with E-state index in [0.29, 0.717) is 0 Å². The highest BCUT2D eigenvalue weighted by atomic mass is 19.1.